The zero-order valence-electron chi connectivity index (χ0n) is 9.08. The van der Waals surface area contributed by atoms with Gasteiger partial charge in [0, 0.05) is 31.4 Å². The Hall–Kier alpha value is -0.830. The van der Waals surface area contributed by atoms with Gasteiger partial charge in [0.25, 0.3) is 0 Å². The Kier molecular flexibility index (Phi) is 2.87. The second-order valence-electron chi connectivity index (χ2n) is 4.11. The van der Waals surface area contributed by atoms with E-state index in [0.29, 0.717) is 0 Å². The summed E-state index contributed by atoms with van der Waals surface area (Å²) in [5, 5.41) is 7.88. The van der Waals surface area contributed by atoms with Gasteiger partial charge in [0.15, 0.2) is 0 Å². The Bertz CT molecular complexity index is 278. The molecule has 0 amide bonds. The Morgan fingerprint density at radius 3 is 2.86 bits per heavy atom. The van der Waals surface area contributed by atoms with Crippen LogP contribution < -0.4 is 5.32 Å². The number of nitrogens with one attached hydrogen (secondary N) is 1. The summed E-state index contributed by atoms with van der Waals surface area (Å²) >= 11 is 0. The highest BCUT2D eigenvalue weighted by Crippen LogP contribution is 2.15. The first-order valence-electron chi connectivity index (χ1n) is 5.59. The molecule has 0 saturated heterocycles. The lowest BCUT2D eigenvalue weighted by Gasteiger charge is -2.11. The minimum Gasteiger partial charge on any atom is -0.307 e. The van der Waals surface area contributed by atoms with E-state index >= 15 is 0 Å². The van der Waals surface area contributed by atoms with E-state index in [1.807, 2.05) is 0 Å². The van der Waals surface area contributed by atoms with Crippen LogP contribution in [0, 0.1) is 5.92 Å². The molecule has 1 N–H and O–H groups in total. The quantitative estimate of drug-likeness (QED) is 0.791. The largest absolute Gasteiger partial charge is 0.307 e. The number of aromatic nitrogens is 2. The third kappa shape index (κ3) is 1.82. The van der Waals surface area contributed by atoms with Crippen LogP contribution in [0.3, 0.4) is 0 Å². The monoisotopic (exact) mass is 193 g/mol. The van der Waals surface area contributed by atoms with Gasteiger partial charge >= 0.3 is 0 Å². The van der Waals surface area contributed by atoms with Crippen LogP contribution in [0.4, 0.5) is 0 Å². The molecule has 1 aliphatic heterocycles. The normalized spacial score (nSPS) is 15.1. The average molecular weight is 193 g/mol. The van der Waals surface area contributed by atoms with E-state index in [1.54, 1.807) is 0 Å². The molecule has 0 aliphatic carbocycles. The molecular formula is C11H19N3. The second kappa shape index (κ2) is 4.13. The summed E-state index contributed by atoms with van der Waals surface area (Å²) in [7, 11) is 0. The van der Waals surface area contributed by atoms with Crippen LogP contribution >= 0.6 is 0 Å². The first-order chi connectivity index (χ1) is 6.83. The van der Waals surface area contributed by atoms with Gasteiger partial charge in [-0.05, 0) is 5.92 Å². The molecule has 0 radical (unpaired) electrons. The second-order valence-corrected chi connectivity index (χ2v) is 4.11. The van der Waals surface area contributed by atoms with E-state index in [9.17, 15) is 0 Å². The molecule has 0 unspecified atom stereocenters. The van der Waals surface area contributed by atoms with Crippen molar-refractivity contribution in [1.82, 2.24) is 15.1 Å². The highest BCUT2D eigenvalue weighted by molar-refractivity contribution is 5.20. The van der Waals surface area contributed by atoms with Crippen LogP contribution in [-0.2, 0) is 19.6 Å². The third-order valence-corrected chi connectivity index (χ3v) is 3.13. The lowest BCUT2D eigenvalue weighted by atomic mass is 10.0. The molecule has 2 heterocycles. The molecule has 1 aliphatic rings. The summed E-state index contributed by atoms with van der Waals surface area (Å²) in [4.78, 5) is 0. The molecule has 78 valence electrons. The van der Waals surface area contributed by atoms with Gasteiger partial charge in [0.2, 0.25) is 0 Å². The van der Waals surface area contributed by atoms with Crippen LogP contribution in [0.2, 0.25) is 0 Å². The minimum atomic E-state index is 0.781. The fourth-order valence-electron chi connectivity index (χ4n) is 2.02. The van der Waals surface area contributed by atoms with Crippen molar-refractivity contribution in [2.45, 2.75) is 46.3 Å². The molecule has 0 atom stereocenters. The molecule has 0 aromatic carbocycles. The maximum Gasteiger partial charge on any atom is 0.0807 e. The van der Waals surface area contributed by atoms with Crippen molar-refractivity contribution in [1.29, 1.82) is 0 Å². The molecule has 0 spiro atoms. The molecule has 0 saturated carbocycles. The van der Waals surface area contributed by atoms with E-state index < -0.39 is 0 Å². The highest BCUT2D eigenvalue weighted by Gasteiger charge is 2.15. The van der Waals surface area contributed by atoms with E-state index in [4.69, 9.17) is 0 Å². The zero-order chi connectivity index (χ0) is 9.97. The average Bonchev–Trinajstić information content (AvgIpc) is 2.73. The van der Waals surface area contributed by atoms with E-state index in [2.05, 4.69) is 35.1 Å². The van der Waals surface area contributed by atoms with Gasteiger partial charge < -0.3 is 5.32 Å². The lowest BCUT2D eigenvalue weighted by Crippen LogP contribution is -2.11. The lowest BCUT2D eigenvalue weighted by molar-refractivity contribution is 0.393. The van der Waals surface area contributed by atoms with Gasteiger partial charge in [-0.2, -0.15) is 5.10 Å². The molecular weight excluding hydrogens is 174 g/mol. The third-order valence-electron chi connectivity index (χ3n) is 3.13. The Balaban J connectivity index is 2.03. The molecule has 2 rings (SSSR count). The number of nitrogens with zero attached hydrogens (tertiary/aromatic N) is 2. The van der Waals surface area contributed by atoms with Gasteiger partial charge in [-0.1, -0.05) is 26.7 Å². The smallest absolute Gasteiger partial charge is 0.0807 e. The Labute approximate surface area is 85.5 Å². The predicted molar refractivity (Wildman–Crippen MR) is 56.8 cm³/mol. The van der Waals surface area contributed by atoms with Crippen molar-refractivity contribution in [2.24, 2.45) is 5.92 Å². The first-order valence-corrected chi connectivity index (χ1v) is 5.59. The number of fused-ring (bicyclic) bond motifs is 1. The summed E-state index contributed by atoms with van der Waals surface area (Å²) in [5.74, 6) is 0.781. The van der Waals surface area contributed by atoms with Gasteiger partial charge in [-0.15, -0.1) is 0 Å². The van der Waals surface area contributed by atoms with Crippen LogP contribution in [0.5, 0.6) is 0 Å². The van der Waals surface area contributed by atoms with E-state index in [1.165, 1.54) is 24.1 Å². The molecule has 0 fully saturated rings. The van der Waals surface area contributed by atoms with Crippen molar-refractivity contribution in [2.75, 3.05) is 0 Å². The van der Waals surface area contributed by atoms with Gasteiger partial charge in [-0.3, -0.25) is 4.68 Å². The fourth-order valence-corrected chi connectivity index (χ4v) is 2.02. The molecule has 1 aromatic heterocycles. The molecule has 3 nitrogen and oxygen atoms in total. The van der Waals surface area contributed by atoms with Crippen LogP contribution in [0.15, 0.2) is 6.20 Å². The summed E-state index contributed by atoms with van der Waals surface area (Å²) in [6.45, 7) is 7.54. The van der Waals surface area contributed by atoms with Crippen LogP contribution in [0.25, 0.3) is 0 Å². The standard InChI is InChI=1S/C11H19N3/c1-3-9(4-2)7-14-8-10-5-12-6-11(10)13-14/h8-9,12H,3-7H2,1-2H3. The number of rotatable bonds is 4. The van der Waals surface area contributed by atoms with Gasteiger partial charge in [0.1, 0.15) is 0 Å². The summed E-state index contributed by atoms with van der Waals surface area (Å²) in [6, 6.07) is 0. The Morgan fingerprint density at radius 1 is 1.43 bits per heavy atom. The number of hydrogen-bond acceptors (Lipinski definition) is 2. The van der Waals surface area contributed by atoms with Crippen molar-refractivity contribution < 1.29 is 0 Å². The van der Waals surface area contributed by atoms with E-state index in [0.717, 1.165) is 25.6 Å². The van der Waals surface area contributed by atoms with Crippen LogP contribution in [-0.4, -0.2) is 9.78 Å². The van der Waals surface area contributed by atoms with Gasteiger partial charge in [0.05, 0.1) is 5.69 Å². The topological polar surface area (TPSA) is 29.9 Å². The summed E-state index contributed by atoms with van der Waals surface area (Å²) in [5.41, 5.74) is 2.63. The van der Waals surface area contributed by atoms with Crippen molar-refractivity contribution >= 4 is 0 Å². The minimum absolute atomic E-state index is 0.781. The number of hydrogen-bond donors (Lipinski definition) is 1. The van der Waals surface area contributed by atoms with Crippen LogP contribution in [0.1, 0.15) is 37.9 Å². The summed E-state index contributed by atoms with van der Waals surface area (Å²) < 4.78 is 2.13. The molecule has 3 heteroatoms. The van der Waals surface area contributed by atoms with Crippen molar-refractivity contribution in [3.63, 3.8) is 0 Å². The zero-order valence-corrected chi connectivity index (χ0v) is 9.08. The predicted octanol–water partition coefficient (Wildman–Crippen LogP) is 1.92. The van der Waals surface area contributed by atoms with Gasteiger partial charge in [-0.25, -0.2) is 0 Å². The summed E-state index contributed by atoms with van der Waals surface area (Å²) in [6.07, 6.45) is 4.70. The first kappa shape index (κ1) is 9.71. The SMILES string of the molecule is CCC(CC)Cn1cc2c(n1)CNC2. The van der Waals surface area contributed by atoms with E-state index in [-0.39, 0.29) is 0 Å². The van der Waals surface area contributed by atoms with Crippen molar-refractivity contribution in [3.05, 3.63) is 17.5 Å². The molecule has 1 aromatic rings. The maximum atomic E-state index is 4.58. The fraction of sp³-hybridized carbons (Fsp3) is 0.727. The molecule has 14 heavy (non-hydrogen) atoms. The molecule has 0 bridgehead atoms. The van der Waals surface area contributed by atoms with Crippen molar-refractivity contribution in [3.8, 4) is 0 Å². The Morgan fingerprint density at radius 2 is 2.21 bits per heavy atom. The highest BCUT2D eigenvalue weighted by atomic mass is 15.3. The maximum absolute atomic E-state index is 4.58.